The fraction of sp³-hybridized carbons (Fsp3) is 0.105. The number of aromatic nitrogens is 3. The molecule has 0 aliphatic heterocycles. The van der Waals surface area contributed by atoms with Gasteiger partial charge in [-0.2, -0.15) is 0 Å². The Balaban J connectivity index is 1.78. The summed E-state index contributed by atoms with van der Waals surface area (Å²) < 4.78 is 15.5. The third kappa shape index (κ3) is 1.84. The monoisotopic (exact) mass is 317 g/mol. The third-order valence-electron chi connectivity index (χ3n) is 4.37. The largest absolute Gasteiger partial charge is 0.464 e. The minimum Gasteiger partial charge on any atom is -0.464 e. The summed E-state index contributed by atoms with van der Waals surface area (Å²) in [6.45, 7) is 0. The molecule has 5 rings (SSSR count). The van der Waals surface area contributed by atoms with Crippen LogP contribution in [0.5, 0.6) is 0 Å². The van der Waals surface area contributed by atoms with E-state index in [4.69, 9.17) is 8.83 Å². The number of fused-ring (bicyclic) bond motifs is 2. The zero-order chi connectivity index (χ0) is 16.3. The summed E-state index contributed by atoms with van der Waals surface area (Å²) in [6.07, 6.45) is 11.4. The van der Waals surface area contributed by atoms with Crippen molar-refractivity contribution in [3.8, 4) is 22.6 Å². The van der Waals surface area contributed by atoms with Gasteiger partial charge < -0.3 is 18.0 Å². The topological polar surface area (TPSA) is 49.0 Å². The zero-order valence-electron chi connectivity index (χ0n) is 13.4. The highest BCUT2D eigenvalue weighted by Gasteiger charge is 2.16. The van der Waals surface area contributed by atoms with Crippen molar-refractivity contribution >= 4 is 21.7 Å². The highest BCUT2D eigenvalue weighted by atomic mass is 16.3. The van der Waals surface area contributed by atoms with Gasteiger partial charge in [-0.3, -0.25) is 0 Å². The van der Waals surface area contributed by atoms with Gasteiger partial charge >= 0.3 is 0 Å². The number of benzene rings is 1. The lowest BCUT2D eigenvalue weighted by molar-refractivity contribution is 0.587. The van der Waals surface area contributed by atoms with Crippen LogP contribution in [0.1, 0.15) is 0 Å². The van der Waals surface area contributed by atoms with Crippen molar-refractivity contribution < 1.29 is 8.83 Å². The van der Waals surface area contributed by atoms with E-state index in [1.165, 1.54) is 0 Å². The summed E-state index contributed by atoms with van der Waals surface area (Å²) >= 11 is 0. The predicted octanol–water partition coefficient (Wildman–Crippen LogP) is 4.59. The first-order chi connectivity index (χ1) is 11.7. The molecule has 24 heavy (non-hydrogen) atoms. The van der Waals surface area contributed by atoms with Gasteiger partial charge in [0.15, 0.2) is 0 Å². The third-order valence-corrected chi connectivity index (χ3v) is 4.37. The van der Waals surface area contributed by atoms with Crippen LogP contribution in [0, 0.1) is 0 Å². The first-order valence-electron chi connectivity index (χ1n) is 7.72. The Morgan fingerprint density at radius 3 is 2.62 bits per heavy atom. The Bertz CT molecular complexity index is 1100. The molecule has 0 amide bonds. The molecular weight excluding hydrogens is 302 g/mol. The molecule has 5 heteroatoms. The number of rotatable bonds is 2. The molecule has 5 nitrogen and oxygen atoms in total. The van der Waals surface area contributed by atoms with Crippen molar-refractivity contribution in [1.29, 1.82) is 0 Å². The van der Waals surface area contributed by atoms with E-state index in [-0.39, 0.29) is 0 Å². The van der Waals surface area contributed by atoms with Gasteiger partial charge in [0.1, 0.15) is 17.6 Å². The van der Waals surface area contributed by atoms with Crippen LogP contribution in [0.2, 0.25) is 0 Å². The Labute approximate surface area is 137 Å². The Morgan fingerprint density at radius 2 is 1.88 bits per heavy atom. The predicted molar refractivity (Wildman–Crippen MR) is 92.6 cm³/mol. The average molecular weight is 317 g/mol. The van der Waals surface area contributed by atoms with Crippen molar-refractivity contribution in [2.24, 2.45) is 14.1 Å². The van der Waals surface area contributed by atoms with Crippen LogP contribution in [0.4, 0.5) is 0 Å². The number of hydrogen-bond acceptors (Lipinski definition) is 3. The molecule has 0 N–H and O–H groups in total. The van der Waals surface area contributed by atoms with Crippen LogP contribution >= 0.6 is 0 Å². The maximum absolute atomic E-state index is 5.83. The van der Waals surface area contributed by atoms with E-state index in [1.807, 2.05) is 41.7 Å². The lowest BCUT2D eigenvalue weighted by atomic mass is 10.0. The van der Waals surface area contributed by atoms with Crippen LogP contribution in [0.3, 0.4) is 0 Å². The molecule has 4 aromatic heterocycles. The quantitative estimate of drug-likeness (QED) is 0.478. The number of hydrogen-bond donors (Lipinski definition) is 0. The van der Waals surface area contributed by atoms with Crippen molar-refractivity contribution in [3.63, 3.8) is 0 Å². The zero-order valence-corrected chi connectivity index (χ0v) is 13.4. The van der Waals surface area contributed by atoms with Crippen LogP contribution in [0.25, 0.3) is 44.3 Å². The van der Waals surface area contributed by atoms with E-state index in [9.17, 15) is 0 Å². The smallest absolute Gasteiger partial charge is 0.143 e. The molecule has 0 aliphatic carbocycles. The van der Waals surface area contributed by atoms with Crippen LogP contribution in [0.15, 0.2) is 64.5 Å². The van der Waals surface area contributed by atoms with Gasteiger partial charge in [0.25, 0.3) is 0 Å². The van der Waals surface area contributed by atoms with Gasteiger partial charge in [0, 0.05) is 60.0 Å². The van der Waals surface area contributed by atoms with E-state index in [1.54, 1.807) is 18.9 Å². The maximum Gasteiger partial charge on any atom is 0.143 e. The second-order valence-electron chi connectivity index (χ2n) is 6.14. The molecule has 0 radical (unpaired) electrons. The summed E-state index contributed by atoms with van der Waals surface area (Å²) in [4.78, 5) is 4.44. The molecule has 0 saturated carbocycles. The summed E-state index contributed by atoms with van der Waals surface area (Å²) in [7, 11) is 3.96. The Kier molecular flexibility index (Phi) is 2.56. The first-order valence-corrected chi connectivity index (χ1v) is 7.72. The fourth-order valence-corrected chi connectivity index (χ4v) is 3.18. The molecule has 0 aliphatic rings. The molecule has 1 aromatic carbocycles. The van der Waals surface area contributed by atoms with Gasteiger partial charge in [-0.1, -0.05) is 0 Å². The highest BCUT2D eigenvalue weighted by Crippen LogP contribution is 2.37. The molecule has 4 heterocycles. The van der Waals surface area contributed by atoms with Crippen molar-refractivity contribution in [3.05, 3.63) is 55.6 Å². The lowest BCUT2D eigenvalue weighted by Gasteiger charge is -1.97. The van der Waals surface area contributed by atoms with Crippen molar-refractivity contribution in [2.45, 2.75) is 0 Å². The van der Waals surface area contributed by atoms with Crippen LogP contribution in [-0.4, -0.2) is 14.1 Å². The molecular formula is C19H15N3O2. The summed E-state index contributed by atoms with van der Waals surface area (Å²) in [5.74, 6) is 0.876. The molecule has 0 spiro atoms. The molecule has 0 atom stereocenters. The average Bonchev–Trinajstić information content (AvgIpc) is 3.31. The van der Waals surface area contributed by atoms with Gasteiger partial charge in [-0.05, 0) is 18.2 Å². The van der Waals surface area contributed by atoms with E-state index in [0.717, 1.165) is 44.3 Å². The van der Waals surface area contributed by atoms with Gasteiger partial charge in [0.05, 0.1) is 18.3 Å². The normalized spacial score (nSPS) is 11.8. The highest BCUT2D eigenvalue weighted by molar-refractivity contribution is 6.06. The van der Waals surface area contributed by atoms with E-state index >= 15 is 0 Å². The Hall–Kier alpha value is -3.21. The number of furan rings is 2. The number of imidazole rings is 1. The number of aryl methyl sites for hydroxylation is 2. The maximum atomic E-state index is 5.83. The minimum absolute atomic E-state index is 0.837. The fourth-order valence-electron chi connectivity index (χ4n) is 3.18. The Morgan fingerprint density at radius 1 is 0.958 bits per heavy atom. The van der Waals surface area contributed by atoms with Crippen molar-refractivity contribution in [1.82, 2.24) is 14.1 Å². The SMILES string of the molecule is Cn1ccc(-c2occ3cc4occ(-c5cn(C)cn5)c4cc23)c1. The molecule has 0 bridgehead atoms. The van der Waals surface area contributed by atoms with Crippen molar-refractivity contribution in [2.75, 3.05) is 0 Å². The van der Waals surface area contributed by atoms with Crippen LogP contribution in [-0.2, 0) is 14.1 Å². The molecule has 0 saturated heterocycles. The minimum atomic E-state index is 0.837. The van der Waals surface area contributed by atoms with Gasteiger partial charge in [-0.15, -0.1) is 0 Å². The summed E-state index contributed by atoms with van der Waals surface area (Å²) in [5.41, 5.74) is 3.80. The second kappa shape index (κ2) is 4.64. The first kappa shape index (κ1) is 13.2. The van der Waals surface area contributed by atoms with Crippen LogP contribution < -0.4 is 0 Å². The molecule has 0 unspecified atom stereocenters. The van der Waals surface area contributed by atoms with Gasteiger partial charge in [-0.25, -0.2) is 4.98 Å². The summed E-state index contributed by atoms with van der Waals surface area (Å²) in [5, 5.41) is 3.15. The summed E-state index contributed by atoms with van der Waals surface area (Å²) in [6, 6.07) is 6.20. The standard InChI is InChI=1S/C19H15N3O2/c1-21-4-3-12(7-21)19-14-6-15-16(17-8-22(2)11-20-17)10-23-18(15)5-13(14)9-24-19/h3-11H,1-2H3. The molecule has 118 valence electrons. The lowest BCUT2D eigenvalue weighted by Crippen LogP contribution is -1.79. The molecule has 5 aromatic rings. The van der Waals surface area contributed by atoms with E-state index < -0.39 is 0 Å². The number of nitrogens with zero attached hydrogens (tertiary/aromatic N) is 3. The van der Waals surface area contributed by atoms with E-state index in [2.05, 4.69) is 23.3 Å². The molecule has 0 fully saturated rings. The second-order valence-corrected chi connectivity index (χ2v) is 6.14. The van der Waals surface area contributed by atoms with Gasteiger partial charge in [0.2, 0.25) is 0 Å². The van der Waals surface area contributed by atoms with E-state index in [0.29, 0.717) is 0 Å².